The van der Waals surface area contributed by atoms with E-state index in [1.54, 1.807) is 0 Å². The maximum Gasteiger partial charge on any atom is 0.133 e. The highest BCUT2D eigenvalue weighted by molar-refractivity contribution is 5.47. The fraction of sp³-hybridized carbons (Fsp3) is 0.615. The van der Waals surface area contributed by atoms with Crippen molar-refractivity contribution < 1.29 is 0 Å². The molecule has 1 aromatic heterocycles. The first-order valence-corrected chi connectivity index (χ1v) is 6.26. The number of anilines is 1. The van der Waals surface area contributed by atoms with Gasteiger partial charge in [-0.25, -0.2) is 4.98 Å². The molecule has 0 amide bonds. The molecule has 0 bridgehead atoms. The molecule has 0 aliphatic carbocycles. The van der Waals surface area contributed by atoms with Gasteiger partial charge in [0.1, 0.15) is 5.82 Å². The van der Waals surface area contributed by atoms with Crippen molar-refractivity contribution in [3.8, 4) is 0 Å². The molecule has 1 unspecified atom stereocenters. The molecule has 2 rings (SSSR count). The van der Waals surface area contributed by atoms with Crippen molar-refractivity contribution >= 4 is 5.82 Å². The van der Waals surface area contributed by atoms with E-state index in [4.69, 9.17) is 0 Å². The number of hydrogen-bond acceptors (Lipinski definition) is 4. The van der Waals surface area contributed by atoms with E-state index in [1.165, 1.54) is 5.56 Å². The van der Waals surface area contributed by atoms with Crippen LogP contribution in [0.3, 0.4) is 0 Å². The van der Waals surface area contributed by atoms with E-state index >= 15 is 0 Å². The minimum absolute atomic E-state index is 0.591. The smallest absolute Gasteiger partial charge is 0.133 e. The molecule has 4 heteroatoms. The van der Waals surface area contributed by atoms with Gasteiger partial charge >= 0.3 is 0 Å². The Morgan fingerprint density at radius 1 is 1.47 bits per heavy atom. The van der Waals surface area contributed by atoms with Crippen LogP contribution in [0.1, 0.15) is 12.5 Å². The predicted octanol–water partition coefficient (Wildman–Crippen LogP) is 0.941. The quantitative estimate of drug-likeness (QED) is 0.843. The van der Waals surface area contributed by atoms with Crippen LogP contribution in [0.4, 0.5) is 5.82 Å². The van der Waals surface area contributed by atoms with Crippen molar-refractivity contribution in [1.82, 2.24) is 15.2 Å². The Morgan fingerprint density at radius 3 is 3.00 bits per heavy atom. The molecule has 1 aromatic rings. The third-order valence-electron chi connectivity index (χ3n) is 3.49. The van der Waals surface area contributed by atoms with E-state index in [9.17, 15) is 0 Å². The zero-order chi connectivity index (χ0) is 12.3. The average Bonchev–Trinajstić information content (AvgIpc) is 2.34. The van der Waals surface area contributed by atoms with Crippen molar-refractivity contribution in [2.24, 2.45) is 0 Å². The molecule has 1 aliphatic rings. The Labute approximate surface area is 104 Å². The number of nitrogens with zero attached hydrogens (tertiary/aromatic N) is 3. The van der Waals surface area contributed by atoms with Gasteiger partial charge in [0.2, 0.25) is 0 Å². The van der Waals surface area contributed by atoms with Crippen LogP contribution in [0.15, 0.2) is 18.3 Å². The van der Waals surface area contributed by atoms with Gasteiger partial charge in [-0.2, -0.15) is 0 Å². The Balaban J connectivity index is 2.16. The van der Waals surface area contributed by atoms with Gasteiger partial charge in [0.15, 0.2) is 0 Å². The molecule has 1 aliphatic heterocycles. The Morgan fingerprint density at radius 2 is 2.29 bits per heavy atom. The highest BCUT2D eigenvalue weighted by atomic mass is 15.3. The first-order chi connectivity index (χ1) is 8.22. The summed E-state index contributed by atoms with van der Waals surface area (Å²) in [6, 6.07) is 4.76. The second-order valence-electron chi connectivity index (χ2n) is 4.79. The van der Waals surface area contributed by atoms with Gasteiger partial charge in [-0.15, -0.1) is 0 Å². The molecule has 1 saturated heterocycles. The molecular weight excluding hydrogens is 212 g/mol. The van der Waals surface area contributed by atoms with E-state index in [0.29, 0.717) is 6.04 Å². The summed E-state index contributed by atoms with van der Waals surface area (Å²) in [6.07, 6.45) is 1.89. The van der Waals surface area contributed by atoms with Gasteiger partial charge in [0.25, 0.3) is 0 Å². The maximum absolute atomic E-state index is 4.55. The predicted molar refractivity (Wildman–Crippen MR) is 71.3 cm³/mol. The molecule has 0 spiro atoms. The summed E-state index contributed by atoms with van der Waals surface area (Å²) in [6.45, 7) is 6.38. The third-order valence-corrected chi connectivity index (χ3v) is 3.49. The average molecular weight is 234 g/mol. The Kier molecular flexibility index (Phi) is 3.97. The first-order valence-electron chi connectivity index (χ1n) is 6.26. The highest BCUT2D eigenvalue weighted by Gasteiger charge is 2.22. The monoisotopic (exact) mass is 234 g/mol. The molecule has 2 heterocycles. The zero-order valence-corrected chi connectivity index (χ0v) is 11.0. The molecule has 0 aromatic carbocycles. The van der Waals surface area contributed by atoms with Crippen LogP contribution in [-0.4, -0.2) is 49.7 Å². The van der Waals surface area contributed by atoms with Gasteiger partial charge < -0.3 is 15.1 Å². The van der Waals surface area contributed by atoms with Crippen molar-refractivity contribution in [2.75, 3.05) is 38.6 Å². The van der Waals surface area contributed by atoms with E-state index in [-0.39, 0.29) is 0 Å². The van der Waals surface area contributed by atoms with Crippen LogP contribution in [0.2, 0.25) is 0 Å². The molecule has 0 saturated carbocycles. The number of nitrogens with one attached hydrogen (secondary N) is 1. The second-order valence-corrected chi connectivity index (χ2v) is 4.79. The highest BCUT2D eigenvalue weighted by Crippen LogP contribution is 2.20. The van der Waals surface area contributed by atoms with Crippen molar-refractivity contribution in [1.29, 1.82) is 0 Å². The molecule has 17 heavy (non-hydrogen) atoms. The zero-order valence-electron chi connectivity index (χ0n) is 11.0. The lowest BCUT2D eigenvalue weighted by atomic mass is 10.1. The fourth-order valence-corrected chi connectivity index (χ4v) is 2.28. The number of rotatable bonds is 3. The molecule has 1 fully saturated rings. The summed E-state index contributed by atoms with van der Waals surface area (Å²) in [5.74, 6) is 1.14. The third kappa shape index (κ3) is 2.76. The fourth-order valence-electron chi connectivity index (χ4n) is 2.28. The van der Waals surface area contributed by atoms with Crippen molar-refractivity contribution in [2.45, 2.75) is 19.5 Å². The van der Waals surface area contributed by atoms with Crippen LogP contribution >= 0.6 is 0 Å². The minimum atomic E-state index is 0.591. The lowest BCUT2D eigenvalue weighted by Crippen LogP contribution is -2.50. The SMILES string of the molecule is CNCc1cccnc1N1CCN(C)C(C)C1. The van der Waals surface area contributed by atoms with Crippen LogP contribution in [-0.2, 0) is 6.54 Å². The number of aromatic nitrogens is 1. The standard InChI is InChI=1S/C13H22N4/c1-11-10-17(8-7-16(11)3)13-12(9-14-2)5-4-6-15-13/h4-6,11,14H,7-10H2,1-3H3. The molecule has 4 nitrogen and oxygen atoms in total. The van der Waals surface area contributed by atoms with Crippen molar-refractivity contribution in [3.63, 3.8) is 0 Å². The van der Waals surface area contributed by atoms with Crippen LogP contribution < -0.4 is 10.2 Å². The van der Waals surface area contributed by atoms with Gasteiger partial charge in [0.05, 0.1) is 0 Å². The largest absolute Gasteiger partial charge is 0.354 e. The van der Waals surface area contributed by atoms with Crippen LogP contribution in [0.5, 0.6) is 0 Å². The molecular formula is C13H22N4. The first kappa shape index (κ1) is 12.3. The number of pyridine rings is 1. The van der Waals surface area contributed by atoms with Gasteiger partial charge in [-0.3, -0.25) is 0 Å². The lowest BCUT2D eigenvalue weighted by Gasteiger charge is -2.39. The minimum Gasteiger partial charge on any atom is -0.354 e. The van der Waals surface area contributed by atoms with E-state index in [2.05, 4.69) is 40.1 Å². The van der Waals surface area contributed by atoms with E-state index in [0.717, 1.165) is 32.0 Å². The van der Waals surface area contributed by atoms with Gasteiger partial charge in [-0.05, 0) is 27.1 Å². The normalized spacial score (nSPS) is 21.8. The summed E-state index contributed by atoms with van der Waals surface area (Å²) in [7, 11) is 4.17. The summed E-state index contributed by atoms with van der Waals surface area (Å²) < 4.78 is 0. The Bertz CT molecular complexity index is 366. The number of hydrogen-bond donors (Lipinski definition) is 1. The van der Waals surface area contributed by atoms with Crippen LogP contribution in [0.25, 0.3) is 0 Å². The lowest BCUT2D eigenvalue weighted by molar-refractivity contribution is 0.233. The summed E-state index contributed by atoms with van der Waals surface area (Å²) in [5, 5.41) is 3.21. The van der Waals surface area contributed by atoms with Gasteiger partial charge in [0, 0.05) is 44.0 Å². The summed E-state index contributed by atoms with van der Waals surface area (Å²) >= 11 is 0. The molecule has 94 valence electrons. The van der Waals surface area contributed by atoms with E-state index < -0.39 is 0 Å². The summed E-state index contributed by atoms with van der Waals surface area (Å²) in [5.41, 5.74) is 1.28. The number of piperazine rings is 1. The maximum atomic E-state index is 4.55. The Hall–Kier alpha value is -1.13. The van der Waals surface area contributed by atoms with Crippen LogP contribution in [0, 0.1) is 0 Å². The topological polar surface area (TPSA) is 31.4 Å². The second kappa shape index (κ2) is 5.47. The molecule has 0 radical (unpaired) electrons. The van der Waals surface area contributed by atoms with Gasteiger partial charge in [-0.1, -0.05) is 6.07 Å². The summed E-state index contributed by atoms with van der Waals surface area (Å²) in [4.78, 5) is 9.35. The number of likely N-dealkylation sites (N-methyl/N-ethyl adjacent to an activating group) is 1. The molecule has 1 N–H and O–H groups in total. The van der Waals surface area contributed by atoms with Crippen molar-refractivity contribution in [3.05, 3.63) is 23.9 Å². The molecule has 1 atom stereocenters. The van der Waals surface area contributed by atoms with E-state index in [1.807, 2.05) is 19.3 Å².